The van der Waals surface area contributed by atoms with E-state index in [9.17, 15) is 0 Å². The highest BCUT2D eigenvalue weighted by Crippen LogP contribution is 2.26. The first kappa shape index (κ1) is 21.0. The number of anilines is 3. The van der Waals surface area contributed by atoms with Gasteiger partial charge in [0.15, 0.2) is 0 Å². The van der Waals surface area contributed by atoms with Gasteiger partial charge in [0.1, 0.15) is 0 Å². The second-order valence-electron chi connectivity index (χ2n) is 8.03. The summed E-state index contributed by atoms with van der Waals surface area (Å²) in [6.07, 6.45) is 4.25. The van der Waals surface area contributed by atoms with E-state index in [1.807, 2.05) is 54.4 Å². The van der Waals surface area contributed by atoms with Crippen LogP contribution in [0.25, 0.3) is 23.1 Å². The zero-order chi connectivity index (χ0) is 22.8. The van der Waals surface area contributed by atoms with Crippen LogP contribution in [-0.2, 0) is 0 Å². The molecule has 0 bridgehead atoms. The van der Waals surface area contributed by atoms with E-state index in [4.69, 9.17) is 10.3 Å². The lowest BCUT2D eigenvalue weighted by Crippen LogP contribution is -2.23. The van der Waals surface area contributed by atoms with Crippen LogP contribution in [-0.4, -0.2) is 55.1 Å². The Balaban J connectivity index is 1.38. The lowest BCUT2D eigenvalue weighted by molar-refractivity contribution is 0.258. The lowest BCUT2D eigenvalue weighted by atomic mass is 10.1. The molecule has 2 N–H and O–H groups in total. The van der Waals surface area contributed by atoms with Crippen LogP contribution in [0, 0.1) is 0 Å². The summed E-state index contributed by atoms with van der Waals surface area (Å²) in [6, 6.07) is 14.0. The second kappa shape index (κ2) is 8.91. The number of pyridine rings is 1. The van der Waals surface area contributed by atoms with Crippen LogP contribution in [0.15, 0.2) is 53.2 Å². The summed E-state index contributed by atoms with van der Waals surface area (Å²) in [5.74, 6) is 1.27. The van der Waals surface area contributed by atoms with Gasteiger partial charge in [-0.1, -0.05) is 23.4 Å². The Bertz CT molecular complexity index is 1220. The fraction of sp³-hybridized carbons (Fsp3) is 0.304. The monoisotopic (exact) mass is 443 g/mol. The molecule has 0 aliphatic carbocycles. The number of nitrogens with zero attached hydrogens (tertiary/aromatic N) is 8. The molecule has 0 saturated carbocycles. The van der Waals surface area contributed by atoms with E-state index in [1.54, 1.807) is 6.20 Å². The van der Waals surface area contributed by atoms with Gasteiger partial charge in [0.05, 0.1) is 11.3 Å². The molecule has 10 heteroatoms. The van der Waals surface area contributed by atoms with Crippen LogP contribution in [0.5, 0.6) is 0 Å². The van der Waals surface area contributed by atoms with Crippen molar-refractivity contribution in [1.82, 2.24) is 35.0 Å². The first-order valence-electron chi connectivity index (χ1n) is 10.9. The van der Waals surface area contributed by atoms with Gasteiger partial charge in [0.25, 0.3) is 5.89 Å². The maximum atomic E-state index is 5.94. The Hall–Kier alpha value is -3.92. The maximum absolute atomic E-state index is 5.94. The predicted octanol–water partition coefficient (Wildman–Crippen LogP) is 3.49. The zero-order valence-corrected chi connectivity index (χ0v) is 18.6. The van der Waals surface area contributed by atoms with Crippen molar-refractivity contribution in [2.24, 2.45) is 0 Å². The van der Waals surface area contributed by atoms with Gasteiger partial charge in [0.2, 0.25) is 23.5 Å². The molecular formula is C23H25N9O. The van der Waals surface area contributed by atoms with E-state index in [0.29, 0.717) is 11.8 Å². The first-order chi connectivity index (χ1) is 16.1. The molecule has 1 fully saturated rings. The van der Waals surface area contributed by atoms with Crippen molar-refractivity contribution in [3.8, 4) is 23.1 Å². The number of hydrogen-bond acceptors (Lipinski definition) is 10. The molecule has 10 nitrogen and oxygen atoms in total. The van der Waals surface area contributed by atoms with Gasteiger partial charge in [-0.3, -0.25) is 9.88 Å². The molecular weight excluding hydrogens is 418 g/mol. The molecule has 1 aromatic carbocycles. The highest BCUT2D eigenvalue weighted by molar-refractivity contribution is 5.60. The number of nitrogens with two attached hydrogens (primary N) is 1. The van der Waals surface area contributed by atoms with Crippen molar-refractivity contribution in [3.05, 3.63) is 54.4 Å². The van der Waals surface area contributed by atoms with E-state index in [1.165, 1.54) is 12.8 Å². The number of nitrogen functional groups attached to an aromatic ring is 1. The summed E-state index contributed by atoms with van der Waals surface area (Å²) in [7, 11) is 1.85. The summed E-state index contributed by atoms with van der Waals surface area (Å²) < 4.78 is 5.46. The third kappa shape index (κ3) is 4.37. The minimum atomic E-state index is 0.0750. The molecule has 4 heterocycles. The Morgan fingerprint density at radius 1 is 0.970 bits per heavy atom. The minimum Gasteiger partial charge on any atom is -0.368 e. The molecule has 1 aliphatic rings. The lowest BCUT2D eigenvalue weighted by Gasteiger charge is -2.23. The highest BCUT2D eigenvalue weighted by Gasteiger charge is 2.21. The molecule has 1 aliphatic heterocycles. The van der Waals surface area contributed by atoms with Crippen LogP contribution in [0.3, 0.4) is 0 Å². The topological polar surface area (TPSA) is 123 Å². The maximum Gasteiger partial charge on any atom is 0.259 e. The fourth-order valence-corrected chi connectivity index (χ4v) is 3.92. The molecule has 3 aromatic heterocycles. The highest BCUT2D eigenvalue weighted by atomic mass is 16.5. The summed E-state index contributed by atoms with van der Waals surface area (Å²) in [4.78, 5) is 26.3. The molecule has 0 amide bonds. The van der Waals surface area contributed by atoms with E-state index < -0.39 is 0 Å². The van der Waals surface area contributed by atoms with Crippen LogP contribution in [0.4, 0.5) is 17.6 Å². The molecule has 1 atom stereocenters. The van der Waals surface area contributed by atoms with Crippen molar-refractivity contribution in [3.63, 3.8) is 0 Å². The second-order valence-corrected chi connectivity index (χ2v) is 8.03. The molecule has 1 unspecified atom stereocenters. The Kier molecular flexibility index (Phi) is 5.66. The molecule has 1 saturated heterocycles. The van der Waals surface area contributed by atoms with E-state index >= 15 is 0 Å². The van der Waals surface area contributed by atoms with Crippen LogP contribution in [0.1, 0.15) is 31.5 Å². The van der Waals surface area contributed by atoms with Gasteiger partial charge in [0, 0.05) is 25.0 Å². The first-order valence-corrected chi connectivity index (χ1v) is 10.9. The van der Waals surface area contributed by atoms with Gasteiger partial charge in [-0.25, -0.2) is 0 Å². The third-order valence-corrected chi connectivity index (χ3v) is 5.86. The van der Waals surface area contributed by atoms with Crippen molar-refractivity contribution < 1.29 is 4.52 Å². The van der Waals surface area contributed by atoms with Gasteiger partial charge < -0.3 is 15.2 Å². The van der Waals surface area contributed by atoms with E-state index in [0.717, 1.165) is 30.0 Å². The summed E-state index contributed by atoms with van der Waals surface area (Å²) in [5, 5.41) is 4.05. The number of para-hydroxylation sites is 1. The summed E-state index contributed by atoms with van der Waals surface area (Å²) >= 11 is 0. The number of likely N-dealkylation sites (tertiary alicyclic amines) is 1. The number of benzene rings is 1. The Morgan fingerprint density at radius 3 is 2.48 bits per heavy atom. The quantitative estimate of drug-likeness (QED) is 0.473. The molecule has 4 aromatic rings. The van der Waals surface area contributed by atoms with Crippen LogP contribution in [0.2, 0.25) is 0 Å². The van der Waals surface area contributed by atoms with Gasteiger partial charge in [-0.15, -0.1) is 0 Å². The van der Waals surface area contributed by atoms with Gasteiger partial charge in [-0.2, -0.15) is 19.9 Å². The van der Waals surface area contributed by atoms with Crippen LogP contribution >= 0.6 is 0 Å². The van der Waals surface area contributed by atoms with E-state index in [2.05, 4.69) is 41.9 Å². The Labute approximate surface area is 191 Å². The SMILES string of the molecule is CC(c1ccc(-c2nc(-c3nc(N)nc(N(C)c4ccccc4)n3)no2)cn1)N1CCCC1. The van der Waals surface area contributed by atoms with Gasteiger partial charge >= 0.3 is 0 Å². The fourth-order valence-electron chi connectivity index (χ4n) is 3.92. The van der Waals surface area contributed by atoms with Crippen LogP contribution < -0.4 is 10.6 Å². The zero-order valence-electron chi connectivity index (χ0n) is 18.6. The average molecular weight is 444 g/mol. The summed E-state index contributed by atoms with van der Waals surface area (Å²) in [5.41, 5.74) is 8.61. The Morgan fingerprint density at radius 2 is 1.76 bits per heavy atom. The predicted molar refractivity (Wildman–Crippen MR) is 124 cm³/mol. The largest absolute Gasteiger partial charge is 0.368 e. The van der Waals surface area contributed by atoms with Gasteiger partial charge in [-0.05, 0) is 57.1 Å². The number of rotatable bonds is 6. The van der Waals surface area contributed by atoms with E-state index in [-0.39, 0.29) is 23.6 Å². The molecule has 0 radical (unpaired) electrons. The number of aromatic nitrogens is 6. The smallest absolute Gasteiger partial charge is 0.259 e. The van der Waals surface area contributed by atoms with Crippen molar-refractivity contribution in [2.75, 3.05) is 30.8 Å². The standard InChI is InChI=1S/C23H25N9O/c1-15(32-12-6-7-13-32)18-11-10-16(14-25-18)21-26-20(30-33-21)19-27-22(24)29-23(28-19)31(2)17-8-4-3-5-9-17/h3-5,8-11,14-15H,6-7,12-13H2,1-2H3,(H2,24,27,28,29). The summed E-state index contributed by atoms with van der Waals surface area (Å²) in [6.45, 7) is 4.43. The molecule has 0 spiro atoms. The minimum absolute atomic E-state index is 0.0750. The third-order valence-electron chi connectivity index (χ3n) is 5.86. The average Bonchev–Trinajstić information content (AvgIpc) is 3.56. The normalized spacial score (nSPS) is 15.0. The molecule has 5 rings (SSSR count). The van der Waals surface area contributed by atoms with Crippen molar-refractivity contribution >= 4 is 17.6 Å². The number of hydrogen-bond donors (Lipinski definition) is 1. The molecule has 168 valence electrons. The van der Waals surface area contributed by atoms with Crippen molar-refractivity contribution in [1.29, 1.82) is 0 Å². The van der Waals surface area contributed by atoms with Crippen molar-refractivity contribution in [2.45, 2.75) is 25.8 Å². The molecule has 33 heavy (non-hydrogen) atoms.